The fraction of sp³-hybridized carbons (Fsp3) is 0.0286. The number of pyridine rings is 2. The normalized spacial score (nSPS) is 13.9. The predicted molar refractivity (Wildman–Crippen MR) is 158 cm³/mol. The number of hydrogen-bond acceptors (Lipinski definition) is 2. The van der Waals surface area contributed by atoms with Crippen LogP contribution in [0.3, 0.4) is 0 Å². The summed E-state index contributed by atoms with van der Waals surface area (Å²) in [6.07, 6.45) is 4.67. The highest BCUT2D eigenvalue weighted by molar-refractivity contribution is 7.22. The molecule has 0 saturated carbocycles. The molecule has 0 atom stereocenters. The van der Waals surface area contributed by atoms with Crippen molar-refractivity contribution >= 4 is 28.8 Å². The van der Waals surface area contributed by atoms with E-state index in [1.807, 2.05) is 18.5 Å². The lowest BCUT2D eigenvalue weighted by Gasteiger charge is -2.31. The van der Waals surface area contributed by atoms with Crippen molar-refractivity contribution in [3.63, 3.8) is 0 Å². The highest BCUT2D eigenvalue weighted by atomic mass is 28.3. The summed E-state index contributed by atoms with van der Waals surface area (Å²) in [6, 6.07) is 44.8. The molecule has 0 amide bonds. The summed E-state index contributed by atoms with van der Waals surface area (Å²) in [5.41, 5.74) is 9.88. The van der Waals surface area contributed by atoms with Gasteiger partial charge in [-0.15, -0.1) is 0 Å². The minimum Gasteiger partial charge on any atom is -0.260 e. The zero-order chi connectivity index (χ0) is 25.1. The molecule has 38 heavy (non-hydrogen) atoms. The maximum absolute atomic E-state index is 4.96. The number of aromatic nitrogens is 2. The van der Waals surface area contributed by atoms with Crippen LogP contribution in [0.4, 0.5) is 0 Å². The SMILES string of the molecule is c1ccc([Si]2(c3ccccc3)c3ccccc3-c3ccc(-c4nccc5c4Cc4ncccc4-5)cc32)cc1. The van der Waals surface area contributed by atoms with Crippen LogP contribution in [0.5, 0.6) is 0 Å². The Morgan fingerprint density at radius 1 is 0.500 bits per heavy atom. The summed E-state index contributed by atoms with van der Waals surface area (Å²) < 4.78 is 0. The zero-order valence-electron chi connectivity index (χ0n) is 20.8. The van der Waals surface area contributed by atoms with Crippen LogP contribution in [-0.4, -0.2) is 18.0 Å². The Balaban J connectivity index is 1.42. The summed E-state index contributed by atoms with van der Waals surface area (Å²) in [4.78, 5) is 9.63. The second-order valence-electron chi connectivity index (χ2n) is 10.1. The van der Waals surface area contributed by atoms with E-state index in [0.29, 0.717) is 0 Å². The van der Waals surface area contributed by atoms with Gasteiger partial charge in [0.15, 0.2) is 8.07 Å². The van der Waals surface area contributed by atoms with Gasteiger partial charge < -0.3 is 0 Å². The summed E-state index contributed by atoms with van der Waals surface area (Å²) >= 11 is 0. The molecular formula is C35H24N2Si. The van der Waals surface area contributed by atoms with Crippen molar-refractivity contribution in [2.75, 3.05) is 0 Å². The maximum Gasteiger partial charge on any atom is 0.180 e. The van der Waals surface area contributed by atoms with Gasteiger partial charge in [0.2, 0.25) is 0 Å². The Labute approximate surface area is 223 Å². The first-order chi connectivity index (χ1) is 18.9. The van der Waals surface area contributed by atoms with Gasteiger partial charge in [0.05, 0.1) is 11.4 Å². The Kier molecular flexibility index (Phi) is 4.64. The lowest BCUT2D eigenvalue weighted by molar-refractivity contribution is 1.11. The molecule has 0 fully saturated rings. The van der Waals surface area contributed by atoms with Gasteiger partial charge in [0.1, 0.15) is 0 Å². The van der Waals surface area contributed by atoms with Gasteiger partial charge in [0.25, 0.3) is 0 Å². The van der Waals surface area contributed by atoms with Gasteiger partial charge in [-0.3, -0.25) is 9.97 Å². The minimum atomic E-state index is -2.52. The Morgan fingerprint density at radius 2 is 1.18 bits per heavy atom. The van der Waals surface area contributed by atoms with Gasteiger partial charge in [-0.25, -0.2) is 0 Å². The third kappa shape index (κ3) is 2.88. The third-order valence-corrected chi connectivity index (χ3v) is 13.2. The van der Waals surface area contributed by atoms with Crippen LogP contribution in [0, 0.1) is 0 Å². The summed E-state index contributed by atoms with van der Waals surface area (Å²) in [6.45, 7) is 0. The highest BCUT2D eigenvalue weighted by Gasteiger charge is 2.48. The fourth-order valence-electron chi connectivity index (χ4n) is 6.76. The van der Waals surface area contributed by atoms with E-state index in [1.54, 1.807) is 0 Å². The first-order valence-electron chi connectivity index (χ1n) is 13.1. The van der Waals surface area contributed by atoms with E-state index in [2.05, 4.69) is 120 Å². The third-order valence-electron chi connectivity index (χ3n) is 8.31. The lowest BCUT2D eigenvalue weighted by Crippen LogP contribution is -2.72. The summed E-state index contributed by atoms with van der Waals surface area (Å²) in [5.74, 6) is 0. The van der Waals surface area contributed by atoms with Crippen molar-refractivity contribution < 1.29 is 0 Å². The summed E-state index contributed by atoms with van der Waals surface area (Å²) in [5, 5.41) is 5.74. The van der Waals surface area contributed by atoms with Gasteiger partial charge in [-0.1, -0.05) is 109 Å². The topological polar surface area (TPSA) is 25.8 Å². The molecule has 2 nitrogen and oxygen atoms in total. The first kappa shape index (κ1) is 21.5. The molecule has 0 saturated heterocycles. The van der Waals surface area contributed by atoms with Crippen LogP contribution in [0.2, 0.25) is 0 Å². The van der Waals surface area contributed by atoms with E-state index in [1.165, 1.54) is 54.1 Å². The molecule has 178 valence electrons. The standard InChI is InChI=1S/C35H24N2Si/c1-3-10-25(11-4-1)38(26-12-5-2-6-13-26)33-16-8-7-14-29(33)30-18-17-24(22-34(30)38)35-31-23-32-28(15-9-20-36-32)27(31)19-21-37-35/h1-22H,23H2. The molecule has 2 aliphatic rings. The van der Waals surface area contributed by atoms with E-state index in [9.17, 15) is 0 Å². The Hall–Kier alpha value is -4.60. The van der Waals surface area contributed by atoms with Gasteiger partial charge in [0, 0.05) is 29.9 Å². The second kappa shape index (κ2) is 8.20. The average molecular weight is 501 g/mol. The van der Waals surface area contributed by atoms with Crippen LogP contribution in [0.1, 0.15) is 11.3 Å². The van der Waals surface area contributed by atoms with Crippen LogP contribution in [0.25, 0.3) is 33.5 Å². The smallest absolute Gasteiger partial charge is 0.180 e. The molecular weight excluding hydrogens is 476 g/mol. The largest absolute Gasteiger partial charge is 0.260 e. The number of benzene rings is 4. The van der Waals surface area contributed by atoms with Crippen LogP contribution in [-0.2, 0) is 6.42 Å². The minimum absolute atomic E-state index is 0.825. The molecule has 0 spiro atoms. The van der Waals surface area contributed by atoms with Crippen molar-refractivity contribution in [2.24, 2.45) is 0 Å². The number of fused-ring (bicyclic) bond motifs is 6. The van der Waals surface area contributed by atoms with E-state index >= 15 is 0 Å². The maximum atomic E-state index is 4.96. The van der Waals surface area contributed by atoms with Gasteiger partial charge in [-0.2, -0.15) is 0 Å². The fourth-order valence-corrected chi connectivity index (χ4v) is 12.0. The molecule has 0 radical (unpaired) electrons. The molecule has 0 N–H and O–H groups in total. The number of hydrogen-bond donors (Lipinski definition) is 0. The van der Waals surface area contributed by atoms with Crippen LogP contribution >= 0.6 is 0 Å². The molecule has 4 aromatic carbocycles. The van der Waals surface area contributed by atoms with Crippen LogP contribution < -0.4 is 20.7 Å². The van der Waals surface area contributed by atoms with E-state index in [-0.39, 0.29) is 0 Å². The van der Waals surface area contributed by atoms with E-state index < -0.39 is 8.07 Å². The molecule has 8 rings (SSSR count). The van der Waals surface area contributed by atoms with E-state index in [4.69, 9.17) is 4.98 Å². The van der Waals surface area contributed by atoms with Crippen molar-refractivity contribution in [3.8, 4) is 33.5 Å². The quantitative estimate of drug-likeness (QED) is 0.317. The molecule has 3 heterocycles. The van der Waals surface area contributed by atoms with Crippen molar-refractivity contribution in [1.29, 1.82) is 0 Å². The number of rotatable bonds is 3. The lowest BCUT2D eigenvalue weighted by atomic mass is 9.98. The van der Waals surface area contributed by atoms with Gasteiger partial charge in [-0.05, 0) is 55.1 Å². The zero-order valence-corrected chi connectivity index (χ0v) is 21.8. The molecule has 3 heteroatoms. The Morgan fingerprint density at radius 3 is 1.97 bits per heavy atom. The second-order valence-corrected chi connectivity index (χ2v) is 13.9. The van der Waals surface area contributed by atoms with Crippen molar-refractivity contribution in [3.05, 3.63) is 145 Å². The summed E-state index contributed by atoms with van der Waals surface area (Å²) in [7, 11) is -2.52. The van der Waals surface area contributed by atoms with Crippen molar-refractivity contribution in [2.45, 2.75) is 6.42 Å². The van der Waals surface area contributed by atoms with Crippen molar-refractivity contribution in [1.82, 2.24) is 9.97 Å². The molecule has 0 bridgehead atoms. The van der Waals surface area contributed by atoms with E-state index in [0.717, 1.165) is 17.8 Å². The predicted octanol–water partition coefficient (Wildman–Crippen LogP) is 5.07. The molecule has 1 aliphatic heterocycles. The number of nitrogens with zero attached hydrogens (tertiary/aromatic N) is 2. The van der Waals surface area contributed by atoms with Gasteiger partial charge >= 0.3 is 0 Å². The van der Waals surface area contributed by atoms with Crippen LogP contribution in [0.15, 0.2) is 134 Å². The Bertz CT molecular complexity index is 1800. The molecule has 0 unspecified atom stereocenters. The molecule has 1 aliphatic carbocycles. The monoisotopic (exact) mass is 500 g/mol. The molecule has 2 aromatic heterocycles. The average Bonchev–Trinajstić information content (AvgIpc) is 3.52. The highest BCUT2D eigenvalue weighted by Crippen LogP contribution is 2.40. The molecule has 6 aromatic rings. The first-order valence-corrected chi connectivity index (χ1v) is 15.1.